The van der Waals surface area contributed by atoms with Crippen LogP contribution in [0.4, 0.5) is 0 Å². The summed E-state index contributed by atoms with van der Waals surface area (Å²) in [6, 6.07) is 9.94. The van der Waals surface area contributed by atoms with Gasteiger partial charge in [0, 0.05) is 26.1 Å². The summed E-state index contributed by atoms with van der Waals surface area (Å²) in [6.45, 7) is 6.47. The highest BCUT2D eigenvalue weighted by atomic mass is 16.5. The zero-order valence-corrected chi connectivity index (χ0v) is 16.1. The molecule has 0 atom stereocenters. The minimum absolute atomic E-state index is 0.0374. The number of rotatable bonds is 7. The van der Waals surface area contributed by atoms with Crippen molar-refractivity contribution >= 4 is 0 Å². The molecule has 0 bridgehead atoms. The highest BCUT2D eigenvalue weighted by Gasteiger charge is 2.26. The predicted octanol–water partition coefficient (Wildman–Crippen LogP) is 1.96. The first-order valence-corrected chi connectivity index (χ1v) is 9.54. The Hall–Kier alpha value is -2.43. The maximum absolute atomic E-state index is 12.5. The van der Waals surface area contributed by atoms with Gasteiger partial charge < -0.3 is 4.74 Å². The highest BCUT2D eigenvalue weighted by Crippen LogP contribution is 2.27. The first-order valence-electron chi connectivity index (χ1n) is 9.54. The largest absolute Gasteiger partial charge is 0.383 e. The molecule has 0 unspecified atom stereocenters. The zero-order chi connectivity index (χ0) is 19.2. The van der Waals surface area contributed by atoms with Gasteiger partial charge in [-0.15, -0.1) is 0 Å². The lowest BCUT2D eigenvalue weighted by atomic mass is 9.95. The number of hydrogen-bond donors (Lipinski definition) is 0. The number of piperidine rings is 1. The molecule has 2 aromatic rings. The maximum Gasteiger partial charge on any atom is 0.345 e. The molecule has 144 valence electrons. The van der Waals surface area contributed by atoms with E-state index < -0.39 is 0 Å². The van der Waals surface area contributed by atoms with Gasteiger partial charge in [-0.25, -0.2) is 9.48 Å². The molecule has 7 heteroatoms. The molecule has 7 nitrogen and oxygen atoms in total. The Balaban J connectivity index is 1.63. The average Bonchev–Trinajstić information content (AvgIpc) is 3.03. The minimum atomic E-state index is -0.0374. The average molecular weight is 369 g/mol. The number of methoxy groups -OCH3 is 1. The normalized spacial score (nSPS) is 15.7. The smallest absolute Gasteiger partial charge is 0.345 e. The fraction of sp³-hybridized carbons (Fsp3) is 0.550. The molecule has 0 aliphatic carbocycles. The van der Waals surface area contributed by atoms with Crippen LogP contribution >= 0.6 is 0 Å². The maximum atomic E-state index is 12.5. The van der Waals surface area contributed by atoms with Crippen molar-refractivity contribution in [1.82, 2.24) is 19.2 Å². The minimum Gasteiger partial charge on any atom is -0.383 e. The van der Waals surface area contributed by atoms with Crippen molar-refractivity contribution in [3.05, 3.63) is 51.7 Å². The number of likely N-dealkylation sites (tertiary alicyclic amines) is 1. The van der Waals surface area contributed by atoms with Crippen LogP contribution in [-0.4, -0.2) is 46.1 Å². The van der Waals surface area contributed by atoms with E-state index in [1.54, 1.807) is 11.7 Å². The van der Waals surface area contributed by atoms with Gasteiger partial charge in [0.1, 0.15) is 5.82 Å². The highest BCUT2D eigenvalue weighted by molar-refractivity contribution is 5.31. The van der Waals surface area contributed by atoms with Gasteiger partial charge in [-0.3, -0.25) is 9.47 Å². The van der Waals surface area contributed by atoms with Gasteiger partial charge in [-0.1, -0.05) is 12.1 Å². The topological polar surface area (TPSA) is 76.1 Å². The van der Waals surface area contributed by atoms with E-state index in [2.05, 4.69) is 16.1 Å². The Bertz CT molecular complexity index is 839. The van der Waals surface area contributed by atoms with E-state index in [-0.39, 0.29) is 5.69 Å². The quantitative estimate of drug-likeness (QED) is 0.746. The van der Waals surface area contributed by atoms with Crippen LogP contribution in [-0.2, 0) is 24.4 Å². The number of nitriles is 1. The fourth-order valence-electron chi connectivity index (χ4n) is 3.67. The van der Waals surface area contributed by atoms with E-state index in [1.807, 2.05) is 31.2 Å². The summed E-state index contributed by atoms with van der Waals surface area (Å²) in [6.07, 6.45) is 1.99. The molecular weight excluding hydrogens is 342 g/mol. The molecule has 1 aromatic carbocycles. The number of benzene rings is 1. The molecule has 1 aliphatic heterocycles. The van der Waals surface area contributed by atoms with E-state index in [0.29, 0.717) is 31.2 Å². The Morgan fingerprint density at radius 1 is 1.26 bits per heavy atom. The van der Waals surface area contributed by atoms with E-state index in [0.717, 1.165) is 38.3 Å². The molecule has 0 radical (unpaired) electrons. The number of nitrogens with zero attached hydrogens (tertiary/aromatic N) is 5. The van der Waals surface area contributed by atoms with Crippen LogP contribution in [0.25, 0.3) is 0 Å². The van der Waals surface area contributed by atoms with Gasteiger partial charge in [0.2, 0.25) is 0 Å². The van der Waals surface area contributed by atoms with Gasteiger partial charge >= 0.3 is 5.69 Å². The summed E-state index contributed by atoms with van der Waals surface area (Å²) in [7, 11) is 1.63. The SMILES string of the molecule is CCn1c(C2CCN(Cc3ccc(C#N)cc3)CC2)nn(CCOC)c1=O. The first kappa shape index (κ1) is 19.3. The van der Waals surface area contributed by atoms with Gasteiger partial charge in [0.15, 0.2) is 0 Å². The van der Waals surface area contributed by atoms with Gasteiger partial charge in [-0.05, 0) is 50.6 Å². The second kappa shape index (κ2) is 8.98. The van der Waals surface area contributed by atoms with E-state index >= 15 is 0 Å². The van der Waals surface area contributed by atoms with Crippen LogP contribution in [0.2, 0.25) is 0 Å². The Morgan fingerprint density at radius 3 is 2.56 bits per heavy atom. The standard InChI is InChI=1S/C20H27N5O2/c1-3-24-19(22-25(20(24)26)12-13-27-2)18-8-10-23(11-9-18)15-17-6-4-16(14-21)5-7-17/h4-7,18H,3,8-13,15H2,1-2H3. The molecule has 1 aromatic heterocycles. The van der Waals surface area contributed by atoms with Crippen molar-refractivity contribution in [2.45, 2.75) is 45.3 Å². The van der Waals surface area contributed by atoms with Crippen molar-refractivity contribution in [3.63, 3.8) is 0 Å². The van der Waals surface area contributed by atoms with Crippen LogP contribution in [0.3, 0.4) is 0 Å². The summed E-state index contributed by atoms with van der Waals surface area (Å²) in [4.78, 5) is 14.9. The van der Waals surface area contributed by atoms with Crippen molar-refractivity contribution in [3.8, 4) is 6.07 Å². The van der Waals surface area contributed by atoms with E-state index in [4.69, 9.17) is 10.00 Å². The van der Waals surface area contributed by atoms with Crippen LogP contribution in [0, 0.1) is 11.3 Å². The molecular formula is C20H27N5O2. The predicted molar refractivity (Wildman–Crippen MR) is 102 cm³/mol. The second-order valence-corrected chi connectivity index (χ2v) is 6.96. The molecule has 0 N–H and O–H groups in total. The molecule has 2 heterocycles. The summed E-state index contributed by atoms with van der Waals surface area (Å²) in [5.74, 6) is 1.23. The van der Waals surface area contributed by atoms with Gasteiger partial charge in [0.25, 0.3) is 0 Å². The van der Waals surface area contributed by atoms with Crippen molar-refractivity contribution in [2.75, 3.05) is 26.8 Å². The molecule has 1 saturated heterocycles. The van der Waals surface area contributed by atoms with Crippen molar-refractivity contribution in [2.24, 2.45) is 0 Å². The molecule has 27 heavy (non-hydrogen) atoms. The van der Waals surface area contributed by atoms with Crippen molar-refractivity contribution in [1.29, 1.82) is 5.26 Å². The summed E-state index contributed by atoms with van der Waals surface area (Å²) < 4.78 is 8.42. The van der Waals surface area contributed by atoms with Crippen LogP contribution < -0.4 is 5.69 Å². The van der Waals surface area contributed by atoms with Gasteiger partial charge in [0.05, 0.1) is 24.8 Å². The summed E-state index contributed by atoms with van der Waals surface area (Å²) in [5, 5.41) is 13.5. The Morgan fingerprint density at radius 2 is 1.96 bits per heavy atom. The van der Waals surface area contributed by atoms with Crippen LogP contribution in [0.5, 0.6) is 0 Å². The third-order valence-electron chi connectivity index (χ3n) is 5.22. The van der Waals surface area contributed by atoms with E-state index in [9.17, 15) is 4.79 Å². The molecule has 0 saturated carbocycles. The monoisotopic (exact) mass is 369 g/mol. The van der Waals surface area contributed by atoms with Crippen LogP contribution in [0.15, 0.2) is 29.1 Å². The number of hydrogen-bond acceptors (Lipinski definition) is 5. The lowest BCUT2D eigenvalue weighted by Gasteiger charge is -2.31. The molecule has 1 aliphatic rings. The fourth-order valence-corrected chi connectivity index (χ4v) is 3.67. The first-order chi connectivity index (χ1) is 13.2. The molecule has 1 fully saturated rings. The summed E-state index contributed by atoms with van der Waals surface area (Å²) >= 11 is 0. The lowest BCUT2D eigenvalue weighted by Crippen LogP contribution is -2.33. The molecule has 3 rings (SSSR count). The second-order valence-electron chi connectivity index (χ2n) is 6.96. The zero-order valence-electron chi connectivity index (χ0n) is 16.1. The molecule has 0 spiro atoms. The van der Waals surface area contributed by atoms with E-state index in [1.165, 1.54) is 10.2 Å². The Labute approximate surface area is 159 Å². The number of aromatic nitrogens is 3. The summed E-state index contributed by atoms with van der Waals surface area (Å²) in [5.41, 5.74) is 1.88. The third kappa shape index (κ3) is 4.46. The number of ether oxygens (including phenoxy) is 1. The molecule has 0 amide bonds. The van der Waals surface area contributed by atoms with Crippen LogP contribution in [0.1, 0.15) is 42.6 Å². The van der Waals surface area contributed by atoms with Gasteiger partial charge in [-0.2, -0.15) is 10.4 Å². The lowest BCUT2D eigenvalue weighted by molar-refractivity contribution is 0.181. The van der Waals surface area contributed by atoms with Crippen molar-refractivity contribution < 1.29 is 4.74 Å². The Kier molecular flexibility index (Phi) is 6.43. The third-order valence-corrected chi connectivity index (χ3v) is 5.22.